The van der Waals surface area contributed by atoms with Gasteiger partial charge in [0.2, 0.25) is 6.10 Å². The highest BCUT2D eigenvalue weighted by Gasteiger charge is 2.31. The molecule has 7 heteroatoms. The normalized spacial score (nSPS) is 20.8. The second kappa shape index (κ2) is 5.12. The summed E-state index contributed by atoms with van der Waals surface area (Å²) in [6, 6.07) is 0. The van der Waals surface area contributed by atoms with Crippen molar-refractivity contribution in [3.8, 4) is 0 Å². The summed E-state index contributed by atoms with van der Waals surface area (Å²) in [5.74, 6) is 2.77. The molecule has 20 heavy (non-hydrogen) atoms. The molecule has 0 aromatic carbocycles. The average molecular weight is 294 g/mol. The fourth-order valence-electron chi connectivity index (χ4n) is 2.37. The van der Waals surface area contributed by atoms with Gasteiger partial charge >= 0.3 is 0 Å². The van der Waals surface area contributed by atoms with E-state index in [1.165, 1.54) is 0 Å². The van der Waals surface area contributed by atoms with Crippen LogP contribution in [-0.2, 0) is 28.2 Å². The Morgan fingerprint density at radius 3 is 3.00 bits per heavy atom. The average Bonchev–Trinajstić information content (AvgIpc) is 3.07. The summed E-state index contributed by atoms with van der Waals surface area (Å²) in [6.07, 6.45) is 0.0465. The molecular weight excluding hydrogens is 276 g/mol. The topological polar surface area (TPSA) is 68.5 Å². The SMILES string of the molecule is CC(C)C1=NOC(C(=O)Nc2c3c(nn2C)CSC3)C1. The number of carbonyl (C=O) groups is 1. The molecule has 6 nitrogen and oxygen atoms in total. The fraction of sp³-hybridized carbons (Fsp3) is 0.615. The molecule has 2 aliphatic heterocycles. The minimum absolute atomic E-state index is 0.146. The maximum atomic E-state index is 12.3. The van der Waals surface area contributed by atoms with Gasteiger partial charge in [-0.25, -0.2) is 0 Å². The number of aromatic nitrogens is 2. The van der Waals surface area contributed by atoms with Crippen molar-refractivity contribution < 1.29 is 9.63 Å². The smallest absolute Gasteiger partial charge is 0.269 e. The maximum Gasteiger partial charge on any atom is 0.269 e. The number of oxime groups is 1. The van der Waals surface area contributed by atoms with E-state index < -0.39 is 6.10 Å². The quantitative estimate of drug-likeness (QED) is 0.924. The zero-order valence-electron chi connectivity index (χ0n) is 11.8. The first-order valence-electron chi connectivity index (χ1n) is 6.72. The predicted molar refractivity (Wildman–Crippen MR) is 78.6 cm³/mol. The van der Waals surface area contributed by atoms with Crippen molar-refractivity contribution in [2.75, 3.05) is 5.32 Å². The second-order valence-electron chi connectivity index (χ2n) is 5.42. The molecule has 1 aromatic rings. The van der Waals surface area contributed by atoms with Gasteiger partial charge in [-0.2, -0.15) is 16.9 Å². The van der Waals surface area contributed by atoms with Gasteiger partial charge < -0.3 is 10.2 Å². The van der Waals surface area contributed by atoms with Gasteiger partial charge in [-0.1, -0.05) is 19.0 Å². The molecule has 0 saturated heterocycles. The van der Waals surface area contributed by atoms with Crippen molar-refractivity contribution in [2.24, 2.45) is 18.1 Å². The van der Waals surface area contributed by atoms with Crippen LogP contribution in [0.5, 0.6) is 0 Å². The Morgan fingerprint density at radius 1 is 1.50 bits per heavy atom. The van der Waals surface area contributed by atoms with Crippen LogP contribution in [0, 0.1) is 5.92 Å². The van der Waals surface area contributed by atoms with Gasteiger partial charge in [0.05, 0.1) is 11.4 Å². The Morgan fingerprint density at radius 2 is 2.30 bits per heavy atom. The third-order valence-electron chi connectivity index (χ3n) is 3.61. The third kappa shape index (κ3) is 2.30. The fourth-order valence-corrected chi connectivity index (χ4v) is 3.41. The van der Waals surface area contributed by atoms with E-state index in [4.69, 9.17) is 4.84 Å². The number of anilines is 1. The number of hydrogen-bond acceptors (Lipinski definition) is 5. The van der Waals surface area contributed by atoms with Crippen LogP contribution in [-0.4, -0.2) is 27.5 Å². The summed E-state index contributed by atoms with van der Waals surface area (Å²) in [5, 5.41) is 11.4. The maximum absolute atomic E-state index is 12.3. The molecule has 1 N–H and O–H groups in total. The summed E-state index contributed by atoms with van der Waals surface area (Å²) in [5.41, 5.74) is 3.14. The molecule has 0 spiro atoms. The van der Waals surface area contributed by atoms with Crippen LogP contribution in [0.3, 0.4) is 0 Å². The summed E-state index contributed by atoms with van der Waals surface area (Å²) in [6.45, 7) is 4.10. The molecule has 1 unspecified atom stereocenters. The number of nitrogens with zero attached hydrogens (tertiary/aromatic N) is 3. The number of nitrogens with one attached hydrogen (secondary N) is 1. The molecule has 1 aromatic heterocycles. The Labute approximate surface area is 121 Å². The number of aryl methyl sites for hydroxylation is 1. The van der Waals surface area contributed by atoms with Gasteiger partial charge in [0.1, 0.15) is 5.82 Å². The first kappa shape index (κ1) is 13.5. The van der Waals surface area contributed by atoms with Gasteiger partial charge in [-0.3, -0.25) is 9.48 Å². The summed E-state index contributed by atoms with van der Waals surface area (Å²) < 4.78 is 1.74. The van der Waals surface area contributed by atoms with Crippen LogP contribution >= 0.6 is 11.8 Å². The van der Waals surface area contributed by atoms with E-state index in [1.54, 1.807) is 4.68 Å². The number of hydrogen-bond donors (Lipinski definition) is 1. The largest absolute Gasteiger partial charge is 0.382 e. The van der Waals surface area contributed by atoms with E-state index in [0.717, 1.165) is 34.3 Å². The van der Waals surface area contributed by atoms with Crippen molar-refractivity contribution in [1.29, 1.82) is 0 Å². The van der Waals surface area contributed by atoms with Crippen molar-refractivity contribution >= 4 is 29.2 Å². The lowest BCUT2D eigenvalue weighted by Crippen LogP contribution is -2.29. The van der Waals surface area contributed by atoms with Crippen molar-refractivity contribution in [2.45, 2.75) is 37.9 Å². The van der Waals surface area contributed by atoms with Gasteiger partial charge in [0.25, 0.3) is 5.91 Å². The van der Waals surface area contributed by atoms with Gasteiger partial charge in [-0.05, 0) is 5.92 Å². The standard InChI is InChI=1S/C13H18N4O2S/c1-7(2)9-4-11(19-16-9)13(18)14-12-8-5-20-6-10(8)15-17(12)3/h7,11H,4-6H2,1-3H3,(H,14,18). The lowest BCUT2D eigenvalue weighted by Gasteiger charge is -2.11. The van der Waals surface area contributed by atoms with Crippen LogP contribution in [0.4, 0.5) is 5.82 Å². The number of amides is 1. The van der Waals surface area contributed by atoms with Gasteiger partial charge in [0.15, 0.2) is 0 Å². The van der Waals surface area contributed by atoms with Gasteiger partial charge in [-0.15, -0.1) is 0 Å². The van der Waals surface area contributed by atoms with E-state index in [-0.39, 0.29) is 5.91 Å². The highest BCUT2D eigenvalue weighted by Crippen LogP contribution is 2.34. The van der Waals surface area contributed by atoms with Crippen molar-refractivity contribution in [3.05, 3.63) is 11.3 Å². The minimum atomic E-state index is -0.521. The first-order valence-corrected chi connectivity index (χ1v) is 7.87. The first-order chi connectivity index (χ1) is 9.56. The number of thioether (sulfide) groups is 1. The molecule has 0 aliphatic carbocycles. The van der Waals surface area contributed by atoms with Gasteiger partial charge in [0, 0.05) is 30.5 Å². The molecule has 108 valence electrons. The van der Waals surface area contributed by atoms with E-state index in [9.17, 15) is 4.79 Å². The van der Waals surface area contributed by atoms with E-state index in [2.05, 4.69) is 15.6 Å². The molecular formula is C13H18N4O2S. The van der Waals surface area contributed by atoms with Crippen molar-refractivity contribution in [3.63, 3.8) is 0 Å². The monoisotopic (exact) mass is 294 g/mol. The number of fused-ring (bicyclic) bond motifs is 1. The third-order valence-corrected chi connectivity index (χ3v) is 4.58. The molecule has 2 aliphatic rings. The highest BCUT2D eigenvalue weighted by atomic mass is 32.2. The van der Waals surface area contributed by atoms with Crippen molar-refractivity contribution in [1.82, 2.24) is 9.78 Å². The Balaban J connectivity index is 1.69. The second-order valence-corrected chi connectivity index (χ2v) is 6.40. The molecule has 0 fully saturated rings. The van der Waals surface area contributed by atoms with E-state index >= 15 is 0 Å². The predicted octanol–water partition coefficient (Wildman–Crippen LogP) is 1.91. The minimum Gasteiger partial charge on any atom is -0.382 e. The molecule has 0 radical (unpaired) electrons. The summed E-state index contributed by atoms with van der Waals surface area (Å²) >= 11 is 1.82. The molecule has 0 bridgehead atoms. The molecule has 1 atom stereocenters. The molecule has 0 saturated carbocycles. The van der Waals surface area contributed by atoms with Crippen LogP contribution < -0.4 is 5.32 Å². The lowest BCUT2D eigenvalue weighted by molar-refractivity contribution is -0.125. The summed E-state index contributed by atoms with van der Waals surface area (Å²) in [7, 11) is 1.85. The molecule has 3 rings (SSSR count). The number of carbonyl (C=O) groups excluding carboxylic acids is 1. The molecule has 1 amide bonds. The summed E-state index contributed by atoms with van der Waals surface area (Å²) in [4.78, 5) is 17.5. The van der Waals surface area contributed by atoms with Crippen LogP contribution in [0.1, 0.15) is 31.5 Å². The van der Waals surface area contributed by atoms with Crippen LogP contribution in [0.2, 0.25) is 0 Å². The van der Waals surface area contributed by atoms with Crippen LogP contribution in [0.25, 0.3) is 0 Å². The lowest BCUT2D eigenvalue weighted by atomic mass is 10.0. The number of rotatable bonds is 3. The zero-order chi connectivity index (χ0) is 14.3. The van der Waals surface area contributed by atoms with E-state index in [1.807, 2.05) is 32.7 Å². The Kier molecular flexibility index (Phi) is 3.45. The highest BCUT2D eigenvalue weighted by molar-refractivity contribution is 7.98. The van der Waals surface area contributed by atoms with Crippen LogP contribution in [0.15, 0.2) is 5.16 Å². The Hall–Kier alpha value is -1.50. The van der Waals surface area contributed by atoms with E-state index in [0.29, 0.717) is 12.3 Å². The Bertz CT molecular complexity index is 579. The zero-order valence-corrected chi connectivity index (χ0v) is 12.7. The molecule has 3 heterocycles.